The van der Waals surface area contributed by atoms with Gasteiger partial charge in [-0.25, -0.2) is 4.79 Å². The van der Waals surface area contributed by atoms with E-state index >= 15 is 0 Å². The molecular weight excluding hydrogens is 294 g/mol. The highest BCUT2D eigenvalue weighted by Gasteiger charge is 2.29. The summed E-state index contributed by atoms with van der Waals surface area (Å²) in [6.45, 7) is 4.60. The maximum atomic E-state index is 12.6. The van der Waals surface area contributed by atoms with Gasteiger partial charge < -0.3 is 10.6 Å². The third-order valence-electron chi connectivity index (χ3n) is 4.23. The molecule has 1 fully saturated rings. The first-order valence-corrected chi connectivity index (χ1v) is 7.95. The molecule has 1 aromatic rings. The fourth-order valence-corrected chi connectivity index (χ4v) is 2.72. The Morgan fingerprint density at radius 1 is 1.30 bits per heavy atom. The Morgan fingerprint density at radius 3 is 2.57 bits per heavy atom. The Bertz CT molecular complexity index is 558. The van der Waals surface area contributed by atoms with E-state index in [0.29, 0.717) is 0 Å². The van der Waals surface area contributed by atoms with Crippen LogP contribution in [0.25, 0.3) is 0 Å². The lowest BCUT2D eigenvalue weighted by molar-refractivity contribution is -0.126. The van der Waals surface area contributed by atoms with Gasteiger partial charge in [0.15, 0.2) is 0 Å². The largest absolute Gasteiger partial charge is 0.354 e. The second-order valence-electron chi connectivity index (χ2n) is 5.77. The van der Waals surface area contributed by atoms with E-state index in [2.05, 4.69) is 24.5 Å². The van der Waals surface area contributed by atoms with Crippen LogP contribution in [0, 0.1) is 5.92 Å². The van der Waals surface area contributed by atoms with Gasteiger partial charge in [-0.1, -0.05) is 50.6 Å². The number of nitrogens with zero attached hydrogens (tertiary/aromatic N) is 1. The van der Waals surface area contributed by atoms with E-state index in [-0.39, 0.29) is 43.3 Å². The number of benzene rings is 1. The zero-order valence-corrected chi connectivity index (χ0v) is 13.5. The Kier molecular flexibility index (Phi) is 5.73. The van der Waals surface area contributed by atoms with Gasteiger partial charge >= 0.3 is 6.03 Å². The van der Waals surface area contributed by atoms with Crippen LogP contribution < -0.4 is 10.6 Å². The quantitative estimate of drug-likeness (QED) is 0.748. The maximum absolute atomic E-state index is 12.6. The summed E-state index contributed by atoms with van der Waals surface area (Å²) in [5.41, 5.74) is 0.981. The van der Waals surface area contributed by atoms with E-state index in [1.807, 2.05) is 30.3 Å². The molecule has 6 nitrogen and oxygen atoms in total. The summed E-state index contributed by atoms with van der Waals surface area (Å²) >= 11 is 0. The van der Waals surface area contributed by atoms with Crippen molar-refractivity contribution in [2.45, 2.75) is 26.2 Å². The van der Waals surface area contributed by atoms with Crippen molar-refractivity contribution in [1.29, 1.82) is 0 Å². The predicted octanol–water partition coefficient (Wildman–Crippen LogP) is 1.48. The highest BCUT2D eigenvalue weighted by molar-refractivity contribution is 6.01. The lowest BCUT2D eigenvalue weighted by Gasteiger charge is -2.23. The minimum Gasteiger partial charge on any atom is -0.354 e. The van der Waals surface area contributed by atoms with Crippen LogP contribution in [0.5, 0.6) is 0 Å². The van der Waals surface area contributed by atoms with Crippen molar-refractivity contribution < 1.29 is 14.4 Å². The zero-order valence-electron chi connectivity index (χ0n) is 13.5. The third-order valence-corrected chi connectivity index (χ3v) is 4.23. The van der Waals surface area contributed by atoms with Crippen molar-refractivity contribution in [3.63, 3.8) is 0 Å². The summed E-state index contributed by atoms with van der Waals surface area (Å²) in [6, 6.07) is 9.27. The van der Waals surface area contributed by atoms with Gasteiger partial charge in [0, 0.05) is 13.1 Å². The molecule has 0 spiro atoms. The number of carbonyl (C=O) groups excluding carboxylic acids is 3. The molecule has 2 N–H and O–H groups in total. The lowest BCUT2D eigenvalue weighted by Crippen LogP contribution is -2.40. The standard InChI is InChI=1S/C17H23N3O3/c1-3-12(2)15(13-7-5-4-6-8-13)16(22)18-9-10-20-14(21)11-19-17(20)23/h4-8,12,15H,3,9-11H2,1-2H3,(H,18,22)(H,19,23). The summed E-state index contributed by atoms with van der Waals surface area (Å²) in [4.78, 5) is 36.6. The Morgan fingerprint density at radius 2 is 2.00 bits per heavy atom. The smallest absolute Gasteiger partial charge is 0.324 e. The van der Waals surface area contributed by atoms with Gasteiger partial charge in [0.2, 0.25) is 11.8 Å². The normalized spacial score (nSPS) is 16.9. The van der Waals surface area contributed by atoms with Gasteiger partial charge in [-0.15, -0.1) is 0 Å². The number of imide groups is 1. The fourth-order valence-electron chi connectivity index (χ4n) is 2.72. The zero-order chi connectivity index (χ0) is 16.8. The molecule has 4 amide bonds. The molecule has 0 bridgehead atoms. The molecule has 0 saturated carbocycles. The van der Waals surface area contributed by atoms with Crippen LogP contribution in [-0.4, -0.2) is 42.4 Å². The number of hydrogen-bond donors (Lipinski definition) is 2. The SMILES string of the molecule is CCC(C)C(C(=O)NCCN1C(=O)CNC1=O)c1ccccc1. The number of carbonyl (C=O) groups is 3. The van der Waals surface area contributed by atoms with E-state index in [1.54, 1.807) is 0 Å². The first kappa shape index (κ1) is 17.0. The van der Waals surface area contributed by atoms with Crippen LogP contribution in [-0.2, 0) is 9.59 Å². The van der Waals surface area contributed by atoms with Gasteiger partial charge in [0.05, 0.1) is 12.5 Å². The molecule has 6 heteroatoms. The molecule has 1 aliphatic rings. The second-order valence-corrected chi connectivity index (χ2v) is 5.77. The average Bonchev–Trinajstić information content (AvgIpc) is 2.87. The molecule has 2 rings (SSSR count). The van der Waals surface area contributed by atoms with Gasteiger partial charge in [0.25, 0.3) is 0 Å². The summed E-state index contributed by atoms with van der Waals surface area (Å²) in [6.07, 6.45) is 0.889. The molecule has 0 radical (unpaired) electrons. The van der Waals surface area contributed by atoms with Crippen LogP contribution in [0.4, 0.5) is 4.79 Å². The van der Waals surface area contributed by atoms with Crippen LogP contribution in [0.15, 0.2) is 30.3 Å². The molecule has 2 atom stereocenters. The van der Waals surface area contributed by atoms with Crippen molar-refractivity contribution in [2.75, 3.05) is 19.6 Å². The van der Waals surface area contributed by atoms with E-state index < -0.39 is 6.03 Å². The van der Waals surface area contributed by atoms with E-state index in [4.69, 9.17) is 0 Å². The predicted molar refractivity (Wildman–Crippen MR) is 86.8 cm³/mol. The van der Waals surface area contributed by atoms with E-state index in [9.17, 15) is 14.4 Å². The summed E-state index contributed by atoms with van der Waals surface area (Å²) < 4.78 is 0. The molecule has 2 unspecified atom stereocenters. The Labute approximate surface area is 136 Å². The average molecular weight is 317 g/mol. The Balaban J connectivity index is 1.96. The number of rotatable bonds is 7. The minimum absolute atomic E-state index is 0.0340. The maximum Gasteiger partial charge on any atom is 0.324 e. The summed E-state index contributed by atoms with van der Waals surface area (Å²) in [7, 11) is 0. The lowest BCUT2D eigenvalue weighted by atomic mass is 9.85. The van der Waals surface area contributed by atoms with Crippen LogP contribution in [0.1, 0.15) is 31.7 Å². The molecule has 23 heavy (non-hydrogen) atoms. The molecule has 1 heterocycles. The number of amides is 4. The molecule has 124 valence electrons. The van der Waals surface area contributed by atoms with Crippen molar-refractivity contribution >= 4 is 17.8 Å². The summed E-state index contributed by atoms with van der Waals surface area (Å²) in [5.74, 6) is -0.359. The molecule has 0 aliphatic carbocycles. The number of urea groups is 1. The summed E-state index contributed by atoms with van der Waals surface area (Å²) in [5, 5.41) is 5.31. The van der Waals surface area contributed by atoms with Gasteiger partial charge in [0.1, 0.15) is 0 Å². The molecule has 1 saturated heterocycles. The topological polar surface area (TPSA) is 78.5 Å². The number of nitrogens with one attached hydrogen (secondary N) is 2. The van der Waals surface area contributed by atoms with Crippen molar-refractivity contribution in [3.05, 3.63) is 35.9 Å². The first-order chi connectivity index (χ1) is 11.0. The fraction of sp³-hybridized carbons (Fsp3) is 0.471. The van der Waals surface area contributed by atoms with Crippen molar-refractivity contribution in [3.8, 4) is 0 Å². The van der Waals surface area contributed by atoms with Crippen molar-refractivity contribution in [1.82, 2.24) is 15.5 Å². The monoisotopic (exact) mass is 317 g/mol. The van der Waals surface area contributed by atoms with Crippen molar-refractivity contribution in [2.24, 2.45) is 5.92 Å². The minimum atomic E-state index is -0.397. The number of hydrogen-bond acceptors (Lipinski definition) is 3. The molecule has 1 aliphatic heterocycles. The highest BCUT2D eigenvalue weighted by Crippen LogP contribution is 2.27. The molecule has 1 aromatic carbocycles. The van der Waals surface area contributed by atoms with Crippen LogP contribution in [0.3, 0.4) is 0 Å². The molecular formula is C17H23N3O3. The van der Waals surface area contributed by atoms with Crippen LogP contribution >= 0.6 is 0 Å². The second kappa shape index (κ2) is 7.76. The Hall–Kier alpha value is -2.37. The highest BCUT2D eigenvalue weighted by atomic mass is 16.2. The third kappa shape index (κ3) is 4.09. The van der Waals surface area contributed by atoms with E-state index in [1.165, 1.54) is 0 Å². The molecule has 0 aromatic heterocycles. The van der Waals surface area contributed by atoms with Gasteiger partial charge in [-0.05, 0) is 11.5 Å². The van der Waals surface area contributed by atoms with Gasteiger partial charge in [-0.2, -0.15) is 0 Å². The van der Waals surface area contributed by atoms with E-state index in [0.717, 1.165) is 16.9 Å². The first-order valence-electron chi connectivity index (χ1n) is 7.95. The van der Waals surface area contributed by atoms with Crippen LogP contribution in [0.2, 0.25) is 0 Å². The van der Waals surface area contributed by atoms with Gasteiger partial charge in [-0.3, -0.25) is 14.5 Å².